The van der Waals surface area contributed by atoms with Crippen LogP contribution >= 0.6 is 11.3 Å². The molecule has 1 aliphatic heterocycles. The summed E-state index contributed by atoms with van der Waals surface area (Å²) in [4.78, 5) is 18.6. The van der Waals surface area contributed by atoms with Crippen LogP contribution in [0.4, 0.5) is 10.6 Å². The number of hydrogen-bond donors (Lipinski definition) is 1. The van der Waals surface area contributed by atoms with Crippen molar-refractivity contribution in [2.75, 3.05) is 18.4 Å². The number of nitrogens with zero attached hydrogens (tertiary/aromatic N) is 4. The predicted octanol–water partition coefficient (Wildman–Crippen LogP) is 4.08. The molecule has 1 fully saturated rings. The van der Waals surface area contributed by atoms with Crippen molar-refractivity contribution < 1.29 is 4.79 Å². The highest BCUT2D eigenvalue weighted by Crippen LogP contribution is 2.27. The molecule has 7 heteroatoms. The van der Waals surface area contributed by atoms with Crippen LogP contribution in [0.2, 0.25) is 0 Å². The highest BCUT2D eigenvalue weighted by molar-refractivity contribution is 7.14. The lowest BCUT2D eigenvalue weighted by Crippen LogP contribution is -2.38. The number of rotatable bonds is 2. The van der Waals surface area contributed by atoms with Crippen LogP contribution in [-0.4, -0.2) is 39.2 Å². The average molecular weight is 353 g/mol. The molecule has 2 aromatic heterocycles. The third-order valence-electron chi connectivity index (χ3n) is 4.37. The largest absolute Gasteiger partial charge is 0.325 e. The Morgan fingerprint density at radius 2 is 1.96 bits per heavy atom. The Labute approximate surface area is 149 Å². The van der Waals surface area contributed by atoms with Crippen molar-refractivity contribution >= 4 is 34.0 Å². The van der Waals surface area contributed by atoms with E-state index in [1.807, 2.05) is 30.0 Å². The van der Waals surface area contributed by atoms with E-state index >= 15 is 0 Å². The zero-order valence-electron chi connectivity index (χ0n) is 14.0. The average Bonchev–Trinajstić information content (AvgIpc) is 3.08. The molecule has 6 nitrogen and oxygen atoms in total. The Hall–Kier alpha value is -2.54. The lowest BCUT2D eigenvalue weighted by Gasteiger charge is -2.26. The van der Waals surface area contributed by atoms with Gasteiger partial charge in [-0.3, -0.25) is 5.32 Å². The summed E-state index contributed by atoms with van der Waals surface area (Å²) in [5.41, 5.74) is 1.03. The molecule has 4 rings (SSSR count). The second-order valence-electron chi connectivity index (χ2n) is 6.24. The standard InChI is InChI=1S/C18H19N5OS/c1-12-21-22-17(25-12)13-5-6-14-11-19-16(10-15(14)9-13)20-18(24)23-7-3-2-4-8-23/h5-6,9-11H,2-4,7-8H2,1H3,(H,19,20,24). The van der Waals surface area contributed by atoms with E-state index in [1.54, 1.807) is 17.5 Å². The molecule has 0 radical (unpaired) electrons. The van der Waals surface area contributed by atoms with Crippen LogP contribution in [0.1, 0.15) is 24.3 Å². The Balaban J connectivity index is 1.59. The van der Waals surface area contributed by atoms with Gasteiger partial charge in [0.05, 0.1) is 0 Å². The molecule has 0 aliphatic carbocycles. The predicted molar refractivity (Wildman–Crippen MR) is 99.8 cm³/mol. The molecule has 128 valence electrons. The Morgan fingerprint density at radius 1 is 1.12 bits per heavy atom. The Morgan fingerprint density at radius 3 is 2.72 bits per heavy atom. The quantitative estimate of drug-likeness (QED) is 0.753. The summed E-state index contributed by atoms with van der Waals surface area (Å²) < 4.78 is 0. The number of aryl methyl sites for hydroxylation is 1. The number of piperidine rings is 1. The highest BCUT2D eigenvalue weighted by Gasteiger charge is 2.16. The summed E-state index contributed by atoms with van der Waals surface area (Å²) in [6.45, 7) is 3.58. The number of likely N-dealkylation sites (tertiary alicyclic amines) is 1. The number of amides is 2. The minimum Gasteiger partial charge on any atom is -0.325 e. The fourth-order valence-electron chi connectivity index (χ4n) is 3.04. The zero-order chi connectivity index (χ0) is 17.2. The molecule has 0 spiro atoms. The smallest absolute Gasteiger partial charge is 0.323 e. The number of fused-ring (bicyclic) bond motifs is 1. The first-order valence-electron chi connectivity index (χ1n) is 8.45. The van der Waals surface area contributed by atoms with E-state index in [2.05, 4.69) is 26.6 Å². The third kappa shape index (κ3) is 3.46. The number of anilines is 1. The molecule has 0 atom stereocenters. The molecular weight excluding hydrogens is 334 g/mol. The van der Waals surface area contributed by atoms with E-state index in [9.17, 15) is 4.79 Å². The Kier molecular flexibility index (Phi) is 4.31. The van der Waals surface area contributed by atoms with E-state index in [0.717, 1.165) is 52.3 Å². The fraction of sp³-hybridized carbons (Fsp3) is 0.333. The van der Waals surface area contributed by atoms with Crippen molar-refractivity contribution in [3.63, 3.8) is 0 Å². The van der Waals surface area contributed by atoms with Gasteiger partial charge in [0, 0.05) is 30.2 Å². The molecule has 2 amide bonds. The molecule has 0 saturated carbocycles. The van der Waals surface area contributed by atoms with Gasteiger partial charge in [0.15, 0.2) is 0 Å². The minimum atomic E-state index is -0.0672. The molecule has 3 aromatic rings. The second-order valence-corrected chi connectivity index (χ2v) is 7.42. The first-order chi connectivity index (χ1) is 12.2. The first kappa shape index (κ1) is 16.0. The van der Waals surface area contributed by atoms with Gasteiger partial charge in [-0.1, -0.05) is 23.5 Å². The van der Waals surface area contributed by atoms with Crippen LogP contribution in [0.15, 0.2) is 30.5 Å². The van der Waals surface area contributed by atoms with Crippen molar-refractivity contribution in [1.82, 2.24) is 20.1 Å². The third-order valence-corrected chi connectivity index (χ3v) is 5.26. The monoisotopic (exact) mass is 353 g/mol. The molecule has 1 aromatic carbocycles. The fourth-order valence-corrected chi connectivity index (χ4v) is 3.73. The maximum atomic E-state index is 12.4. The maximum Gasteiger partial charge on any atom is 0.323 e. The highest BCUT2D eigenvalue weighted by atomic mass is 32.1. The summed E-state index contributed by atoms with van der Waals surface area (Å²) in [6.07, 6.45) is 5.13. The number of hydrogen-bond acceptors (Lipinski definition) is 5. The number of carbonyl (C=O) groups excluding carboxylic acids is 1. The summed E-state index contributed by atoms with van der Waals surface area (Å²) in [5, 5.41) is 15.1. The van der Waals surface area contributed by atoms with Crippen molar-refractivity contribution in [1.29, 1.82) is 0 Å². The van der Waals surface area contributed by atoms with Crippen molar-refractivity contribution in [2.24, 2.45) is 0 Å². The van der Waals surface area contributed by atoms with Gasteiger partial charge in [0.1, 0.15) is 15.8 Å². The number of carbonyl (C=O) groups is 1. The van der Waals surface area contributed by atoms with E-state index in [4.69, 9.17) is 0 Å². The SMILES string of the molecule is Cc1nnc(-c2ccc3cnc(NC(=O)N4CCCCC4)cc3c2)s1. The van der Waals surface area contributed by atoms with Gasteiger partial charge < -0.3 is 4.90 Å². The molecule has 0 unspecified atom stereocenters. The van der Waals surface area contributed by atoms with E-state index in [-0.39, 0.29) is 6.03 Å². The lowest BCUT2D eigenvalue weighted by molar-refractivity contribution is 0.200. The number of pyridine rings is 1. The number of nitrogens with one attached hydrogen (secondary N) is 1. The van der Waals surface area contributed by atoms with E-state index in [0.29, 0.717) is 5.82 Å². The van der Waals surface area contributed by atoms with E-state index < -0.39 is 0 Å². The summed E-state index contributed by atoms with van der Waals surface area (Å²) >= 11 is 1.57. The van der Waals surface area contributed by atoms with E-state index in [1.165, 1.54) is 6.42 Å². The molecule has 25 heavy (non-hydrogen) atoms. The molecule has 0 bridgehead atoms. The van der Waals surface area contributed by atoms with Crippen molar-refractivity contribution in [3.05, 3.63) is 35.5 Å². The minimum absolute atomic E-state index is 0.0672. The summed E-state index contributed by atoms with van der Waals surface area (Å²) in [6, 6.07) is 7.95. The van der Waals surface area contributed by atoms with Crippen LogP contribution in [0.3, 0.4) is 0 Å². The first-order valence-corrected chi connectivity index (χ1v) is 9.27. The van der Waals surface area contributed by atoms with Gasteiger partial charge >= 0.3 is 6.03 Å². The number of urea groups is 1. The summed E-state index contributed by atoms with van der Waals surface area (Å²) in [5.74, 6) is 0.577. The van der Waals surface area contributed by atoms with Crippen molar-refractivity contribution in [3.8, 4) is 10.6 Å². The molecule has 1 saturated heterocycles. The normalized spacial score (nSPS) is 14.7. The van der Waals surface area contributed by atoms with Gasteiger partial charge in [0.2, 0.25) is 0 Å². The molecular formula is C18H19N5OS. The van der Waals surface area contributed by atoms with Crippen LogP contribution in [0, 0.1) is 6.92 Å². The van der Waals surface area contributed by atoms with Crippen LogP contribution < -0.4 is 5.32 Å². The molecule has 3 heterocycles. The van der Waals surface area contributed by atoms with Gasteiger partial charge in [0.25, 0.3) is 0 Å². The van der Waals surface area contributed by atoms with Crippen LogP contribution in [-0.2, 0) is 0 Å². The molecule has 1 aliphatic rings. The van der Waals surface area contributed by atoms with Crippen molar-refractivity contribution in [2.45, 2.75) is 26.2 Å². The molecule has 1 N–H and O–H groups in total. The second kappa shape index (κ2) is 6.76. The van der Waals surface area contributed by atoms with Gasteiger partial charge in [-0.2, -0.15) is 0 Å². The number of benzene rings is 1. The van der Waals surface area contributed by atoms with Gasteiger partial charge in [-0.05, 0) is 43.7 Å². The number of aromatic nitrogens is 3. The summed E-state index contributed by atoms with van der Waals surface area (Å²) in [7, 11) is 0. The topological polar surface area (TPSA) is 71.0 Å². The lowest BCUT2D eigenvalue weighted by atomic mass is 10.1. The van der Waals surface area contributed by atoms with Gasteiger partial charge in [-0.15, -0.1) is 10.2 Å². The Bertz CT molecular complexity index is 917. The zero-order valence-corrected chi connectivity index (χ0v) is 14.8. The van der Waals surface area contributed by atoms with Gasteiger partial charge in [-0.25, -0.2) is 9.78 Å². The maximum absolute atomic E-state index is 12.4. The van der Waals surface area contributed by atoms with Crippen LogP contribution in [0.25, 0.3) is 21.3 Å². The van der Waals surface area contributed by atoms with Crippen LogP contribution in [0.5, 0.6) is 0 Å².